The molecule has 0 saturated carbocycles. The van der Waals surface area contributed by atoms with Crippen LogP contribution in [-0.4, -0.2) is 11.1 Å². The van der Waals surface area contributed by atoms with Gasteiger partial charge in [-0.2, -0.15) is 0 Å². The van der Waals surface area contributed by atoms with Gasteiger partial charge in [-0.15, -0.1) is 0 Å². The molecule has 1 aromatic carbocycles. The zero-order valence-electron chi connectivity index (χ0n) is 6.19. The summed E-state index contributed by atoms with van der Waals surface area (Å²) in [6.07, 6.45) is 0. The maximum Gasteiger partial charge on any atom is 0.463 e. The molecule has 0 saturated heterocycles. The molecule has 0 amide bonds. The van der Waals surface area contributed by atoms with Crippen LogP contribution in [0, 0.1) is 0 Å². The second kappa shape index (κ2) is 3.92. The van der Waals surface area contributed by atoms with Crippen LogP contribution in [0.2, 0.25) is 0 Å². The Morgan fingerprint density at radius 2 is 2.08 bits per heavy atom. The molecule has 1 N–H and O–H groups in total. The van der Waals surface area contributed by atoms with E-state index >= 15 is 0 Å². The molecule has 0 aromatic heterocycles. The molecule has 0 atom stereocenters. The molecule has 0 unspecified atom stereocenters. The lowest BCUT2D eigenvalue weighted by Crippen LogP contribution is -2.01. The quantitative estimate of drug-likeness (QED) is 0.719. The summed E-state index contributed by atoms with van der Waals surface area (Å²) < 4.78 is 10.2. The third-order valence-corrected chi connectivity index (χ3v) is 1.89. The molecule has 0 bridgehead atoms. The summed E-state index contributed by atoms with van der Waals surface area (Å²) in [7, 11) is 0. The van der Waals surface area contributed by atoms with E-state index in [1.54, 1.807) is 18.2 Å². The van der Waals surface area contributed by atoms with Crippen LogP contribution in [0.4, 0.5) is 0 Å². The van der Waals surface area contributed by atoms with Crippen LogP contribution < -0.4 is 0 Å². The highest BCUT2D eigenvalue weighted by Crippen LogP contribution is 2.08. The Hall–Kier alpha value is -1.29. The predicted octanol–water partition coefficient (Wildman–Crippen LogP) is 1.31. The normalized spacial score (nSPS) is 9.33. The van der Waals surface area contributed by atoms with Crippen molar-refractivity contribution in [2.24, 2.45) is 0 Å². The van der Waals surface area contributed by atoms with Crippen LogP contribution >= 0.6 is 0 Å². The van der Waals surface area contributed by atoms with Crippen LogP contribution in [0.1, 0.15) is 15.9 Å². The molecule has 0 fully saturated rings. The highest BCUT2D eigenvalue weighted by Gasteiger charge is 2.12. The maximum atomic E-state index is 10.6. The Kier molecular flexibility index (Phi) is 2.88. The van der Waals surface area contributed by atoms with E-state index in [2.05, 4.69) is 0 Å². The van der Waals surface area contributed by atoms with E-state index in [0.717, 1.165) is 0 Å². The van der Waals surface area contributed by atoms with Crippen LogP contribution in [0.3, 0.4) is 0 Å². The number of carboxylic acid groups (broad SMARTS) is 1. The third-order valence-electron chi connectivity index (χ3n) is 1.46. The molecule has 0 radical (unpaired) electrons. The minimum absolute atomic E-state index is 0.197. The number of carbonyl (C=O) groups is 1. The van der Waals surface area contributed by atoms with Crippen molar-refractivity contribution in [2.75, 3.05) is 0 Å². The van der Waals surface area contributed by atoms with Crippen molar-refractivity contribution in [3.05, 3.63) is 35.4 Å². The first-order chi connectivity index (χ1) is 5.75. The summed E-state index contributed by atoms with van der Waals surface area (Å²) >= 11 is 0.373. The summed E-state index contributed by atoms with van der Waals surface area (Å²) in [6.45, 7) is 0. The van der Waals surface area contributed by atoms with E-state index in [-0.39, 0.29) is 11.3 Å². The van der Waals surface area contributed by atoms with Crippen molar-refractivity contribution in [2.45, 2.75) is 5.75 Å². The third kappa shape index (κ3) is 1.85. The Morgan fingerprint density at radius 3 is 2.67 bits per heavy atom. The van der Waals surface area contributed by atoms with Crippen molar-refractivity contribution in [1.29, 1.82) is 0 Å². The number of carboxylic acids is 1. The fraction of sp³-hybridized carbons (Fsp3) is 0.125. The zero-order valence-corrected chi connectivity index (χ0v) is 7.00. The van der Waals surface area contributed by atoms with Crippen molar-refractivity contribution in [3.63, 3.8) is 0 Å². The van der Waals surface area contributed by atoms with E-state index in [0.29, 0.717) is 17.2 Å². The summed E-state index contributed by atoms with van der Waals surface area (Å²) in [4.78, 5) is 10.6. The lowest BCUT2D eigenvalue weighted by molar-refractivity contribution is 0.0696. The van der Waals surface area contributed by atoms with Crippen molar-refractivity contribution in [1.82, 2.24) is 0 Å². The molecule has 0 aliphatic rings. The molecular formula is C8H7O3S+. The lowest BCUT2D eigenvalue weighted by atomic mass is 10.1. The molecule has 62 valence electrons. The van der Waals surface area contributed by atoms with Crippen LogP contribution in [0.25, 0.3) is 0 Å². The topological polar surface area (TPSA) is 54.4 Å². The molecular weight excluding hydrogens is 176 g/mol. The molecule has 4 heteroatoms. The van der Waals surface area contributed by atoms with Gasteiger partial charge >= 0.3 is 17.6 Å². The first-order valence-corrected chi connectivity index (χ1v) is 4.22. The second-order valence-electron chi connectivity index (χ2n) is 2.22. The molecule has 0 aliphatic carbocycles. The first-order valence-electron chi connectivity index (χ1n) is 3.31. The van der Waals surface area contributed by atoms with Crippen molar-refractivity contribution in [3.8, 4) is 0 Å². The highest BCUT2D eigenvalue weighted by molar-refractivity contribution is 7.64. The van der Waals surface area contributed by atoms with Crippen LogP contribution in [0.5, 0.6) is 0 Å². The van der Waals surface area contributed by atoms with Gasteiger partial charge in [0.2, 0.25) is 0 Å². The minimum Gasteiger partial charge on any atom is -0.478 e. The summed E-state index contributed by atoms with van der Waals surface area (Å²) in [5.74, 6) is -0.790. The Balaban J connectivity index is 3.07. The number of hydrogen-bond donors (Lipinski definition) is 1. The average molecular weight is 183 g/mol. The van der Waals surface area contributed by atoms with Crippen molar-refractivity contribution >= 4 is 17.6 Å². The number of rotatable bonds is 3. The second-order valence-corrected chi connectivity index (χ2v) is 2.75. The smallest absolute Gasteiger partial charge is 0.463 e. The van der Waals surface area contributed by atoms with E-state index in [1.165, 1.54) is 6.07 Å². The maximum absolute atomic E-state index is 10.6. The molecule has 0 aliphatic heterocycles. The van der Waals surface area contributed by atoms with Gasteiger partial charge in [0.05, 0.1) is 5.56 Å². The fourth-order valence-electron chi connectivity index (χ4n) is 0.918. The Labute approximate surface area is 73.5 Å². The molecule has 1 aromatic rings. The van der Waals surface area contributed by atoms with Gasteiger partial charge in [-0.25, -0.2) is 4.79 Å². The predicted molar refractivity (Wildman–Crippen MR) is 45.2 cm³/mol. The number of aromatic carboxylic acids is 1. The fourth-order valence-corrected chi connectivity index (χ4v) is 1.30. The van der Waals surface area contributed by atoms with E-state index in [9.17, 15) is 9.00 Å². The summed E-state index contributed by atoms with van der Waals surface area (Å²) in [5, 5.41) is 8.68. The minimum atomic E-state index is -0.986. The number of benzene rings is 1. The SMILES string of the molecule is O=[S+]Cc1ccccc1C(=O)O. The monoisotopic (exact) mass is 183 g/mol. The van der Waals surface area contributed by atoms with Crippen LogP contribution in [-0.2, 0) is 21.6 Å². The largest absolute Gasteiger partial charge is 0.478 e. The zero-order chi connectivity index (χ0) is 8.97. The molecule has 12 heavy (non-hydrogen) atoms. The number of hydrogen-bond acceptors (Lipinski definition) is 2. The Morgan fingerprint density at radius 1 is 1.42 bits per heavy atom. The summed E-state index contributed by atoms with van der Waals surface area (Å²) in [5.41, 5.74) is 0.783. The van der Waals surface area contributed by atoms with E-state index in [1.807, 2.05) is 0 Å². The van der Waals surface area contributed by atoms with Crippen LogP contribution in [0.15, 0.2) is 24.3 Å². The molecule has 0 spiro atoms. The lowest BCUT2D eigenvalue weighted by Gasteiger charge is -1.95. The van der Waals surface area contributed by atoms with Gasteiger partial charge in [-0.1, -0.05) is 18.2 Å². The van der Waals surface area contributed by atoms with Gasteiger partial charge < -0.3 is 5.11 Å². The highest BCUT2D eigenvalue weighted by atomic mass is 32.1. The van der Waals surface area contributed by atoms with Gasteiger partial charge in [-0.3, -0.25) is 0 Å². The molecule has 1 rings (SSSR count). The summed E-state index contributed by atoms with van der Waals surface area (Å²) in [6, 6.07) is 6.50. The molecule has 3 nitrogen and oxygen atoms in total. The van der Waals surface area contributed by atoms with E-state index < -0.39 is 5.97 Å². The Bertz CT molecular complexity index is 309. The standard InChI is InChI=1S/C8H6O3S/c9-8(10)7-4-2-1-3-6(7)5-12-11/h1-4H,5H2/p+1. The molecule has 0 heterocycles. The van der Waals surface area contributed by atoms with Gasteiger partial charge in [0.15, 0.2) is 0 Å². The van der Waals surface area contributed by atoms with Crippen molar-refractivity contribution < 1.29 is 14.1 Å². The van der Waals surface area contributed by atoms with Gasteiger partial charge in [0.1, 0.15) is 0 Å². The van der Waals surface area contributed by atoms with Gasteiger partial charge in [-0.05, 0) is 6.07 Å². The first kappa shape index (κ1) is 8.80. The van der Waals surface area contributed by atoms with Gasteiger partial charge in [0, 0.05) is 9.77 Å². The average Bonchev–Trinajstić information content (AvgIpc) is 2.05. The van der Waals surface area contributed by atoms with E-state index in [4.69, 9.17) is 5.11 Å². The van der Waals surface area contributed by atoms with Gasteiger partial charge in [0.25, 0.3) is 5.75 Å².